The van der Waals surface area contributed by atoms with Gasteiger partial charge in [0.2, 0.25) is 11.8 Å². The van der Waals surface area contributed by atoms with Gasteiger partial charge in [0, 0.05) is 13.8 Å². The number of ether oxygens (including phenoxy) is 8. The molecule has 4 heterocycles. The van der Waals surface area contributed by atoms with Crippen LogP contribution in [0.15, 0.2) is 0 Å². The Hall–Kier alpha value is -1.98. The van der Waals surface area contributed by atoms with Gasteiger partial charge in [0.05, 0.1) is 45.2 Å². The van der Waals surface area contributed by atoms with Crippen molar-refractivity contribution in [3.63, 3.8) is 0 Å². The smallest absolute Gasteiger partial charge is 0.217 e. The summed E-state index contributed by atoms with van der Waals surface area (Å²) < 4.78 is 46.2. The zero-order valence-electron chi connectivity index (χ0n) is 33.2. The average Bonchev–Trinajstić information content (AvgIpc) is 3.22. The van der Waals surface area contributed by atoms with Gasteiger partial charge in [0.1, 0.15) is 110 Å². The van der Waals surface area contributed by atoms with Crippen LogP contribution in [-0.2, 0) is 47.5 Å². The van der Waals surface area contributed by atoms with Crippen LogP contribution in [0.1, 0.15) is 20.8 Å². The molecular formula is C34H60N2O25. The topological polar surface area (TPSA) is 435 Å². The molecule has 4 fully saturated rings. The first-order valence-electron chi connectivity index (χ1n) is 19.4. The Morgan fingerprint density at radius 2 is 1.03 bits per heavy atom. The molecule has 0 bridgehead atoms. The molecule has 27 nitrogen and oxygen atoms in total. The number of rotatable bonds is 18. The SMILES string of the molecule is CC(=O)N[C@H]1[C@H](O[C@@H]([C@H](O[C@H]2O[C@@H](C)[C@H](O)[C@@H](O)[C@H]2O)[C@H](O)CO)[C@H](CO)NC(C)=O)O[C@H](CO)[C@@H](O)[C@@H]1O[C@@H]1O[C@H](CO)[C@@H](O)[C@H](O)[C@H]1O[C@H]1O[C@H](CO)[C@@H](O)[C@H](O)[C@H]1O. The molecule has 61 heavy (non-hydrogen) atoms. The lowest BCUT2D eigenvalue weighted by Gasteiger charge is -2.50. The Labute approximate surface area is 347 Å². The molecule has 0 aromatic rings. The largest absolute Gasteiger partial charge is 0.394 e. The van der Waals surface area contributed by atoms with Gasteiger partial charge >= 0.3 is 0 Å². The maximum atomic E-state index is 12.8. The van der Waals surface area contributed by atoms with E-state index in [0.717, 1.165) is 13.8 Å². The van der Waals surface area contributed by atoms with Gasteiger partial charge in [-0.25, -0.2) is 0 Å². The minimum Gasteiger partial charge on any atom is -0.394 e. The lowest BCUT2D eigenvalue weighted by Crippen LogP contribution is -2.70. The standard InChI is InChI=1S/C34H60N2O25/c1-9-18(45)22(49)25(52)32(54-9)59-28(13(44)5-38)27(12(4-37)35-10(2)42)58-31-17(36-11(3)43)29(21(48)16(8-41)55-31)60-34-30(24(51)20(47)15(7-40)57-34)61-33-26(53)23(50)19(46)14(6-39)56-33/h9,12-34,37-41,44-53H,4-8H2,1-3H3,(H,35,42)(H,36,43)/t9-,12-,13+,14+,15+,16+,17+,18-,19+,20+,21+,22+,23-,24-,25+,26+,27+,28+,29+,30+,31-,32+,33+,34-/m0/s1. The lowest BCUT2D eigenvalue weighted by molar-refractivity contribution is -0.385. The van der Waals surface area contributed by atoms with E-state index in [9.17, 15) is 86.2 Å². The molecule has 2 amide bonds. The molecule has 4 saturated heterocycles. The van der Waals surface area contributed by atoms with Gasteiger partial charge in [-0.05, 0) is 6.92 Å². The number of carbonyl (C=O) groups excluding carboxylic acids is 2. The van der Waals surface area contributed by atoms with E-state index in [2.05, 4.69) is 10.6 Å². The van der Waals surface area contributed by atoms with Crippen molar-refractivity contribution in [1.29, 1.82) is 0 Å². The first-order valence-corrected chi connectivity index (χ1v) is 19.4. The van der Waals surface area contributed by atoms with E-state index in [1.165, 1.54) is 6.92 Å². The highest BCUT2D eigenvalue weighted by Crippen LogP contribution is 2.35. The van der Waals surface area contributed by atoms with E-state index < -0.39 is 192 Å². The molecular weight excluding hydrogens is 836 g/mol. The highest BCUT2D eigenvalue weighted by Gasteiger charge is 2.56. The zero-order chi connectivity index (χ0) is 45.6. The first kappa shape index (κ1) is 51.7. The molecule has 4 aliphatic rings. The van der Waals surface area contributed by atoms with Crippen molar-refractivity contribution in [2.24, 2.45) is 0 Å². The molecule has 0 radical (unpaired) electrons. The number of hydrogen-bond acceptors (Lipinski definition) is 25. The fraction of sp³-hybridized carbons (Fsp3) is 0.941. The fourth-order valence-electron chi connectivity index (χ4n) is 7.35. The van der Waals surface area contributed by atoms with Crippen molar-refractivity contribution in [3.8, 4) is 0 Å². The summed E-state index contributed by atoms with van der Waals surface area (Å²) >= 11 is 0. The second kappa shape index (κ2) is 22.8. The summed E-state index contributed by atoms with van der Waals surface area (Å²) in [6.07, 6.45) is -41.2. The molecule has 27 heteroatoms. The third kappa shape index (κ3) is 11.8. The van der Waals surface area contributed by atoms with Crippen LogP contribution < -0.4 is 10.6 Å². The number of aliphatic hydroxyl groups excluding tert-OH is 15. The van der Waals surface area contributed by atoms with Crippen molar-refractivity contribution < 1.29 is 124 Å². The Balaban J connectivity index is 1.76. The van der Waals surface area contributed by atoms with Crippen molar-refractivity contribution in [3.05, 3.63) is 0 Å². The van der Waals surface area contributed by atoms with Crippen LogP contribution in [-0.4, -0.2) is 269 Å². The summed E-state index contributed by atoms with van der Waals surface area (Å²) in [5.41, 5.74) is 0. The van der Waals surface area contributed by atoms with Gasteiger partial charge < -0.3 is 125 Å². The molecule has 4 aliphatic heterocycles. The normalized spacial score (nSPS) is 44.1. The Morgan fingerprint density at radius 1 is 0.541 bits per heavy atom. The molecule has 0 unspecified atom stereocenters. The number of amides is 2. The van der Waals surface area contributed by atoms with E-state index >= 15 is 0 Å². The molecule has 0 aromatic carbocycles. The molecule has 0 spiro atoms. The molecule has 24 atom stereocenters. The van der Waals surface area contributed by atoms with Crippen LogP contribution in [0.5, 0.6) is 0 Å². The van der Waals surface area contributed by atoms with Crippen molar-refractivity contribution in [2.45, 2.75) is 168 Å². The summed E-state index contributed by atoms with van der Waals surface area (Å²) in [5, 5.41) is 163. The fourth-order valence-corrected chi connectivity index (χ4v) is 7.35. The minimum absolute atomic E-state index is 0.794. The first-order chi connectivity index (χ1) is 28.7. The lowest BCUT2D eigenvalue weighted by atomic mass is 9.94. The molecule has 0 aliphatic carbocycles. The number of hydrogen-bond donors (Lipinski definition) is 17. The van der Waals surface area contributed by atoms with Crippen molar-refractivity contribution >= 4 is 11.8 Å². The molecule has 0 aromatic heterocycles. The van der Waals surface area contributed by atoms with E-state index in [-0.39, 0.29) is 0 Å². The highest BCUT2D eigenvalue weighted by molar-refractivity contribution is 5.73. The summed E-state index contributed by atoms with van der Waals surface area (Å²) in [4.78, 5) is 25.1. The van der Waals surface area contributed by atoms with Crippen molar-refractivity contribution in [1.82, 2.24) is 10.6 Å². The maximum Gasteiger partial charge on any atom is 0.217 e. The van der Waals surface area contributed by atoms with Crippen LogP contribution >= 0.6 is 0 Å². The van der Waals surface area contributed by atoms with E-state index in [1.807, 2.05) is 0 Å². The zero-order valence-corrected chi connectivity index (χ0v) is 33.2. The van der Waals surface area contributed by atoms with E-state index in [0.29, 0.717) is 0 Å². The van der Waals surface area contributed by atoms with Crippen LogP contribution in [0, 0.1) is 0 Å². The van der Waals surface area contributed by atoms with Crippen molar-refractivity contribution in [2.75, 3.05) is 33.0 Å². The number of aliphatic hydroxyl groups is 15. The third-order valence-electron chi connectivity index (χ3n) is 10.7. The van der Waals surface area contributed by atoms with Crippen LogP contribution in [0.25, 0.3) is 0 Å². The average molecular weight is 897 g/mol. The van der Waals surface area contributed by atoms with Gasteiger partial charge in [-0.1, -0.05) is 0 Å². The van der Waals surface area contributed by atoms with Gasteiger partial charge in [-0.2, -0.15) is 0 Å². The van der Waals surface area contributed by atoms with Gasteiger partial charge in [0.25, 0.3) is 0 Å². The quantitative estimate of drug-likeness (QED) is 0.0607. The van der Waals surface area contributed by atoms with E-state index in [1.54, 1.807) is 0 Å². The monoisotopic (exact) mass is 896 g/mol. The van der Waals surface area contributed by atoms with Gasteiger partial charge in [0.15, 0.2) is 25.2 Å². The summed E-state index contributed by atoms with van der Waals surface area (Å²) in [6.45, 7) is -1.66. The van der Waals surface area contributed by atoms with Gasteiger partial charge in [-0.3, -0.25) is 9.59 Å². The maximum absolute atomic E-state index is 12.8. The Kier molecular flexibility index (Phi) is 19.3. The Bertz CT molecular complexity index is 1370. The molecule has 356 valence electrons. The van der Waals surface area contributed by atoms with Crippen LogP contribution in [0.2, 0.25) is 0 Å². The predicted molar refractivity (Wildman–Crippen MR) is 191 cm³/mol. The summed E-state index contributed by atoms with van der Waals surface area (Å²) in [6, 6.07) is -3.43. The second-order valence-electron chi connectivity index (χ2n) is 15.2. The number of carbonyl (C=O) groups is 2. The predicted octanol–water partition coefficient (Wildman–Crippen LogP) is -11.0. The minimum atomic E-state index is -2.09. The summed E-state index contributed by atoms with van der Waals surface area (Å²) in [5.74, 6) is -1.66. The summed E-state index contributed by atoms with van der Waals surface area (Å²) in [7, 11) is 0. The molecule has 0 saturated carbocycles. The van der Waals surface area contributed by atoms with Crippen LogP contribution in [0.3, 0.4) is 0 Å². The molecule has 17 N–H and O–H groups in total. The molecule has 4 rings (SSSR count). The number of nitrogens with one attached hydrogen (secondary N) is 2. The van der Waals surface area contributed by atoms with Gasteiger partial charge in [-0.15, -0.1) is 0 Å². The third-order valence-corrected chi connectivity index (χ3v) is 10.7. The van der Waals surface area contributed by atoms with Crippen LogP contribution in [0.4, 0.5) is 0 Å². The van der Waals surface area contributed by atoms with E-state index in [4.69, 9.17) is 37.9 Å². The second-order valence-corrected chi connectivity index (χ2v) is 15.2. The highest BCUT2D eigenvalue weighted by atomic mass is 16.8. The Morgan fingerprint density at radius 3 is 1.57 bits per heavy atom.